The monoisotopic (exact) mass is 456 g/mol. The summed E-state index contributed by atoms with van der Waals surface area (Å²) in [5.74, 6) is 0.840. The number of nitrogens with one attached hydrogen (secondary N) is 1. The Hall–Kier alpha value is -4.33. The molecule has 34 heavy (non-hydrogen) atoms. The van der Waals surface area contributed by atoms with E-state index in [1.54, 1.807) is 30.5 Å². The predicted molar refractivity (Wildman–Crippen MR) is 124 cm³/mol. The minimum atomic E-state index is -0.435. The second-order valence-corrected chi connectivity index (χ2v) is 7.89. The van der Waals surface area contributed by atoms with Crippen molar-refractivity contribution < 1.29 is 18.3 Å². The summed E-state index contributed by atoms with van der Waals surface area (Å²) < 4.78 is 40.1. The van der Waals surface area contributed by atoms with Crippen molar-refractivity contribution in [1.29, 1.82) is 0 Å². The van der Waals surface area contributed by atoms with Crippen LogP contribution in [0.4, 0.5) is 20.4 Å². The fraction of sp³-hybridized carbons (Fsp3) is 0.115. The number of aliphatic imine (C=N–C) groups is 1. The Balaban J connectivity index is 1.41. The number of aromatic nitrogens is 2. The van der Waals surface area contributed by atoms with Crippen LogP contribution in [0.5, 0.6) is 11.5 Å². The van der Waals surface area contributed by atoms with Crippen molar-refractivity contribution in [2.24, 2.45) is 4.99 Å². The van der Waals surface area contributed by atoms with Crippen molar-refractivity contribution in [1.82, 2.24) is 9.97 Å². The Labute approximate surface area is 193 Å². The first-order valence-corrected chi connectivity index (χ1v) is 10.8. The van der Waals surface area contributed by atoms with Gasteiger partial charge in [0.25, 0.3) is 0 Å². The molecule has 0 atom stereocenters. The molecule has 4 aromatic rings. The Morgan fingerprint density at radius 1 is 0.824 bits per heavy atom. The molecule has 0 unspecified atom stereocenters. The Morgan fingerprint density at radius 2 is 1.68 bits per heavy atom. The molecule has 0 radical (unpaired) electrons. The molecule has 2 aliphatic rings. The smallest absolute Gasteiger partial charge is 0.227 e. The molecular formula is C26H18F2N4O2. The summed E-state index contributed by atoms with van der Waals surface area (Å²) in [7, 11) is 0. The van der Waals surface area contributed by atoms with Crippen LogP contribution in [-0.4, -0.2) is 28.9 Å². The quantitative estimate of drug-likeness (QED) is 0.454. The molecule has 3 aromatic carbocycles. The van der Waals surface area contributed by atoms with Gasteiger partial charge in [0.15, 0.2) is 11.5 Å². The minimum absolute atomic E-state index is 0.236. The van der Waals surface area contributed by atoms with E-state index in [1.807, 2.05) is 18.2 Å². The van der Waals surface area contributed by atoms with Crippen molar-refractivity contribution in [3.8, 4) is 22.8 Å². The molecule has 168 valence electrons. The van der Waals surface area contributed by atoms with Crippen LogP contribution in [0, 0.1) is 11.6 Å². The maximum atomic E-state index is 14.6. The number of anilines is 2. The highest BCUT2D eigenvalue weighted by atomic mass is 19.1. The van der Waals surface area contributed by atoms with Crippen LogP contribution in [0.1, 0.15) is 16.7 Å². The lowest BCUT2D eigenvalue weighted by Crippen LogP contribution is -2.15. The molecule has 6 nitrogen and oxygen atoms in total. The number of halogens is 2. The van der Waals surface area contributed by atoms with Gasteiger partial charge in [-0.2, -0.15) is 0 Å². The standard InChI is InChI=1S/C26H18F2N4O2/c27-16-5-7-18-20(11-16)25(19-3-1-2-4-21(19)28)29-13-15-14-30-26(32-24(15)18)31-17-6-8-22-23(12-17)34-10-9-33-22/h1-8,11-12,14H,9-10,13H2,(H,30,31,32). The largest absolute Gasteiger partial charge is 0.486 e. The Bertz CT molecular complexity index is 1450. The number of rotatable bonds is 3. The van der Waals surface area contributed by atoms with Crippen molar-refractivity contribution in [2.45, 2.75) is 6.54 Å². The number of benzene rings is 3. The molecule has 1 N–H and O–H groups in total. The van der Waals surface area contributed by atoms with Gasteiger partial charge < -0.3 is 14.8 Å². The first kappa shape index (κ1) is 20.3. The van der Waals surface area contributed by atoms with E-state index >= 15 is 0 Å². The van der Waals surface area contributed by atoms with Gasteiger partial charge in [0.2, 0.25) is 5.95 Å². The molecule has 3 heterocycles. The van der Waals surface area contributed by atoms with Crippen molar-refractivity contribution >= 4 is 17.3 Å². The number of hydrogen-bond acceptors (Lipinski definition) is 6. The summed E-state index contributed by atoms with van der Waals surface area (Å²) in [5, 5.41) is 3.19. The number of ether oxygens (including phenoxy) is 2. The molecule has 0 fully saturated rings. The summed E-state index contributed by atoms with van der Waals surface area (Å²) in [5.41, 5.74) is 3.93. The zero-order chi connectivity index (χ0) is 23.1. The van der Waals surface area contributed by atoms with E-state index in [-0.39, 0.29) is 6.54 Å². The summed E-state index contributed by atoms with van der Waals surface area (Å²) in [6.45, 7) is 1.24. The zero-order valence-corrected chi connectivity index (χ0v) is 17.9. The molecule has 2 aliphatic heterocycles. The van der Waals surface area contributed by atoms with Crippen LogP contribution in [0.3, 0.4) is 0 Å². The minimum Gasteiger partial charge on any atom is -0.486 e. The highest BCUT2D eigenvalue weighted by Crippen LogP contribution is 2.35. The predicted octanol–water partition coefficient (Wildman–Crippen LogP) is 5.29. The maximum absolute atomic E-state index is 14.6. The molecule has 0 saturated carbocycles. The summed E-state index contributed by atoms with van der Waals surface area (Å²) in [6.07, 6.45) is 1.68. The highest BCUT2D eigenvalue weighted by molar-refractivity contribution is 6.16. The topological polar surface area (TPSA) is 68.6 Å². The fourth-order valence-electron chi connectivity index (χ4n) is 4.12. The summed E-state index contributed by atoms with van der Waals surface area (Å²) >= 11 is 0. The van der Waals surface area contributed by atoms with E-state index in [0.29, 0.717) is 58.8 Å². The fourth-order valence-corrected chi connectivity index (χ4v) is 4.12. The van der Waals surface area contributed by atoms with Crippen molar-refractivity contribution in [3.05, 3.63) is 95.2 Å². The lowest BCUT2D eigenvalue weighted by Gasteiger charge is -2.19. The van der Waals surface area contributed by atoms with Gasteiger partial charge in [0.1, 0.15) is 24.8 Å². The van der Waals surface area contributed by atoms with E-state index in [4.69, 9.17) is 14.5 Å². The zero-order valence-electron chi connectivity index (χ0n) is 17.9. The first-order valence-electron chi connectivity index (χ1n) is 10.8. The Morgan fingerprint density at radius 3 is 2.56 bits per heavy atom. The second-order valence-electron chi connectivity index (χ2n) is 7.89. The molecule has 0 bridgehead atoms. The van der Waals surface area contributed by atoms with Crippen LogP contribution in [-0.2, 0) is 6.54 Å². The van der Waals surface area contributed by atoms with Gasteiger partial charge in [0, 0.05) is 40.2 Å². The molecule has 6 rings (SSSR count). The van der Waals surface area contributed by atoms with Gasteiger partial charge in [-0.05, 0) is 42.5 Å². The van der Waals surface area contributed by atoms with Crippen molar-refractivity contribution in [2.75, 3.05) is 18.5 Å². The van der Waals surface area contributed by atoms with Gasteiger partial charge in [0.05, 0.1) is 18.0 Å². The molecule has 1 aromatic heterocycles. The highest BCUT2D eigenvalue weighted by Gasteiger charge is 2.23. The average Bonchev–Trinajstić information content (AvgIpc) is 3.01. The average molecular weight is 456 g/mol. The molecule has 0 spiro atoms. The van der Waals surface area contributed by atoms with Crippen LogP contribution < -0.4 is 14.8 Å². The van der Waals surface area contributed by atoms with E-state index in [1.165, 1.54) is 18.2 Å². The van der Waals surface area contributed by atoms with E-state index < -0.39 is 11.6 Å². The van der Waals surface area contributed by atoms with E-state index in [2.05, 4.69) is 15.3 Å². The Kier molecular flexibility index (Phi) is 4.91. The third-order valence-corrected chi connectivity index (χ3v) is 5.69. The van der Waals surface area contributed by atoms with Crippen LogP contribution in [0.25, 0.3) is 11.3 Å². The van der Waals surface area contributed by atoms with E-state index in [9.17, 15) is 8.78 Å². The molecule has 0 amide bonds. The van der Waals surface area contributed by atoms with E-state index in [0.717, 1.165) is 11.3 Å². The summed E-state index contributed by atoms with van der Waals surface area (Å²) in [4.78, 5) is 13.8. The van der Waals surface area contributed by atoms with Gasteiger partial charge in [-0.3, -0.25) is 4.99 Å². The number of hydrogen-bond donors (Lipinski definition) is 1. The third-order valence-electron chi connectivity index (χ3n) is 5.69. The maximum Gasteiger partial charge on any atom is 0.227 e. The molecule has 0 saturated heterocycles. The second kappa shape index (κ2) is 8.22. The third kappa shape index (κ3) is 3.63. The van der Waals surface area contributed by atoms with Crippen LogP contribution >= 0.6 is 0 Å². The van der Waals surface area contributed by atoms with Crippen LogP contribution in [0.2, 0.25) is 0 Å². The molecular weight excluding hydrogens is 438 g/mol. The normalized spacial score (nSPS) is 13.9. The van der Waals surface area contributed by atoms with Gasteiger partial charge in [-0.15, -0.1) is 0 Å². The lowest BCUT2D eigenvalue weighted by molar-refractivity contribution is 0.171. The number of fused-ring (bicyclic) bond motifs is 4. The van der Waals surface area contributed by atoms with Gasteiger partial charge >= 0.3 is 0 Å². The first-order chi connectivity index (χ1) is 16.7. The molecule has 0 aliphatic carbocycles. The van der Waals surface area contributed by atoms with Gasteiger partial charge in [-0.1, -0.05) is 12.1 Å². The number of nitrogens with zero attached hydrogens (tertiary/aromatic N) is 3. The lowest BCUT2D eigenvalue weighted by atomic mass is 9.95. The van der Waals surface area contributed by atoms with Crippen molar-refractivity contribution in [3.63, 3.8) is 0 Å². The van der Waals surface area contributed by atoms with Gasteiger partial charge in [-0.25, -0.2) is 18.7 Å². The summed E-state index contributed by atoms with van der Waals surface area (Å²) in [6, 6.07) is 16.2. The SMILES string of the molecule is Fc1ccc2c(c1)C(c1ccccc1F)=NCc1cnc(Nc3ccc4c(c3)OCCO4)nc1-2. The molecule has 8 heteroatoms. The van der Waals surface area contributed by atoms with Crippen LogP contribution in [0.15, 0.2) is 71.9 Å².